The van der Waals surface area contributed by atoms with Crippen LogP contribution in [0, 0.1) is 5.82 Å². The molecule has 0 radical (unpaired) electrons. The first-order chi connectivity index (χ1) is 9.86. The minimum Gasteiger partial charge on any atom is -0.478 e. The summed E-state index contributed by atoms with van der Waals surface area (Å²) in [5.74, 6) is -2.37. The van der Waals surface area contributed by atoms with Gasteiger partial charge in [-0.05, 0) is 18.2 Å². The molecule has 1 heterocycles. The van der Waals surface area contributed by atoms with Crippen molar-refractivity contribution in [2.45, 2.75) is 11.0 Å². The average Bonchev–Trinajstić information content (AvgIpc) is 2.47. The van der Waals surface area contributed by atoms with Crippen LogP contribution in [0.4, 0.5) is 4.39 Å². The molecule has 1 aliphatic heterocycles. The van der Waals surface area contributed by atoms with E-state index in [4.69, 9.17) is 14.9 Å². The number of halogens is 1. The molecule has 116 valence electrons. The molecule has 21 heavy (non-hydrogen) atoms. The van der Waals surface area contributed by atoms with Gasteiger partial charge in [0.1, 0.15) is 10.7 Å². The molecule has 0 amide bonds. The van der Waals surface area contributed by atoms with Crippen LogP contribution in [-0.4, -0.2) is 61.3 Å². The monoisotopic (exact) mass is 319 g/mol. The summed E-state index contributed by atoms with van der Waals surface area (Å²) in [6.07, 6.45) is -0.681. The molecule has 1 saturated heterocycles. The van der Waals surface area contributed by atoms with Gasteiger partial charge in [-0.25, -0.2) is 17.6 Å². The highest BCUT2D eigenvalue weighted by Gasteiger charge is 2.32. The van der Waals surface area contributed by atoms with Crippen LogP contribution in [0.5, 0.6) is 0 Å². The van der Waals surface area contributed by atoms with Crippen LogP contribution >= 0.6 is 0 Å². The summed E-state index contributed by atoms with van der Waals surface area (Å²) in [5, 5.41) is 17.9. The number of carboxylic acid groups (broad SMARTS) is 1. The lowest BCUT2D eigenvalue weighted by Crippen LogP contribution is -2.47. The highest BCUT2D eigenvalue weighted by atomic mass is 32.2. The van der Waals surface area contributed by atoms with Crippen molar-refractivity contribution >= 4 is 16.0 Å². The number of carbonyl (C=O) groups is 1. The number of aromatic carboxylic acids is 1. The quantitative estimate of drug-likeness (QED) is 0.803. The van der Waals surface area contributed by atoms with Crippen molar-refractivity contribution in [3.8, 4) is 0 Å². The highest BCUT2D eigenvalue weighted by Crippen LogP contribution is 2.22. The standard InChI is InChI=1S/C12H14FNO6S/c13-10-2-1-8(12(16)17)5-11(10)21(18,19)14-3-4-20-9(6-14)7-15/h1-2,5,9,15H,3-4,6-7H2,(H,16,17). The van der Waals surface area contributed by atoms with E-state index in [-0.39, 0.29) is 31.9 Å². The van der Waals surface area contributed by atoms with Gasteiger partial charge in [-0.3, -0.25) is 0 Å². The van der Waals surface area contributed by atoms with Crippen molar-refractivity contribution in [1.82, 2.24) is 4.31 Å². The molecule has 2 N–H and O–H groups in total. The molecule has 9 heteroatoms. The third-order valence-electron chi connectivity index (χ3n) is 3.10. The summed E-state index contributed by atoms with van der Waals surface area (Å²) in [7, 11) is -4.19. The number of benzene rings is 1. The van der Waals surface area contributed by atoms with Crippen LogP contribution in [-0.2, 0) is 14.8 Å². The zero-order valence-electron chi connectivity index (χ0n) is 10.9. The van der Waals surface area contributed by atoms with Gasteiger partial charge in [0.15, 0.2) is 0 Å². The molecule has 1 fully saturated rings. The molecule has 0 spiro atoms. The van der Waals surface area contributed by atoms with Crippen LogP contribution < -0.4 is 0 Å². The number of morpholine rings is 1. The van der Waals surface area contributed by atoms with Crippen LogP contribution in [0.3, 0.4) is 0 Å². The molecule has 7 nitrogen and oxygen atoms in total. The molecule has 0 bridgehead atoms. The fourth-order valence-corrected chi connectivity index (χ4v) is 3.54. The summed E-state index contributed by atoms with van der Waals surface area (Å²) in [6.45, 7) is -0.389. The Morgan fingerprint density at radius 1 is 1.48 bits per heavy atom. The lowest BCUT2D eigenvalue weighted by atomic mass is 10.2. The number of sulfonamides is 1. The lowest BCUT2D eigenvalue weighted by molar-refractivity contribution is -0.0305. The van der Waals surface area contributed by atoms with Crippen molar-refractivity contribution in [3.05, 3.63) is 29.6 Å². The average molecular weight is 319 g/mol. The normalized spacial score (nSPS) is 20.4. The van der Waals surface area contributed by atoms with E-state index in [0.29, 0.717) is 0 Å². The predicted octanol–water partition coefficient (Wildman–Crippen LogP) is -0.0943. The van der Waals surface area contributed by atoms with Gasteiger partial charge in [0, 0.05) is 13.1 Å². The van der Waals surface area contributed by atoms with E-state index in [0.717, 1.165) is 22.5 Å². The number of ether oxygens (including phenoxy) is 1. The summed E-state index contributed by atoms with van der Waals surface area (Å²) >= 11 is 0. The van der Waals surface area contributed by atoms with Gasteiger partial charge in [-0.15, -0.1) is 0 Å². The summed E-state index contributed by atoms with van der Waals surface area (Å²) in [6, 6.07) is 2.59. The fraction of sp³-hybridized carbons (Fsp3) is 0.417. The molecule has 1 aromatic rings. The molecule has 1 unspecified atom stereocenters. The minimum absolute atomic E-state index is 0.00950. The van der Waals surface area contributed by atoms with Crippen molar-refractivity contribution in [1.29, 1.82) is 0 Å². The first-order valence-electron chi connectivity index (χ1n) is 6.11. The number of hydrogen-bond acceptors (Lipinski definition) is 5. The highest BCUT2D eigenvalue weighted by molar-refractivity contribution is 7.89. The van der Waals surface area contributed by atoms with Gasteiger partial charge in [0.05, 0.1) is 24.9 Å². The number of hydrogen-bond donors (Lipinski definition) is 2. The van der Waals surface area contributed by atoms with E-state index in [1.165, 1.54) is 0 Å². The van der Waals surface area contributed by atoms with E-state index in [9.17, 15) is 17.6 Å². The minimum atomic E-state index is -4.19. The van der Waals surface area contributed by atoms with Crippen molar-refractivity contribution in [2.75, 3.05) is 26.3 Å². The molecule has 1 atom stereocenters. The first kappa shape index (κ1) is 15.8. The second-order valence-corrected chi connectivity index (χ2v) is 6.40. The Bertz CT molecular complexity index is 647. The van der Waals surface area contributed by atoms with Gasteiger partial charge in [0.25, 0.3) is 0 Å². The first-order valence-corrected chi connectivity index (χ1v) is 7.55. The Balaban J connectivity index is 2.39. The molecule has 0 aromatic heterocycles. The Kier molecular flexibility index (Phi) is 4.57. The maximum atomic E-state index is 13.8. The summed E-state index contributed by atoms with van der Waals surface area (Å²) in [4.78, 5) is 10.2. The number of rotatable bonds is 4. The van der Waals surface area contributed by atoms with Crippen molar-refractivity contribution in [3.63, 3.8) is 0 Å². The molecule has 1 aliphatic rings. The zero-order chi connectivity index (χ0) is 15.6. The molecule has 2 rings (SSSR count). The Hall–Kier alpha value is -1.55. The van der Waals surface area contributed by atoms with Crippen LogP contribution in [0.2, 0.25) is 0 Å². The van der Waals surface area contributed by atoms with Crippen molar-refractivity contribution in [2.24, 2.45) is 0 Å². The number of carboxylic acids is 1. The van der Waals surface area contributed by atoms with Gasteiger partial charge in [-0.2, -0.15) is 4.31 Å². The van der Waals surface area contributed by atoms with E-state index in [1.54, 1.807) is 0 Å². The van der Waals surface area contributed by atoms with E-state index < -0.39 is 32.8 Å². The van der Waals surface area contributed by atoms with Crippen LogP contribution in [0.1, 0.15) is 10.4 Å². The van der Waals surface area contributed by atoms with Gasteiger partial charge >= 0.3 is 5.97 Å². The molecule has 0 aliphatic carbocycles. The Morgan fingerprint density at radius 2 is 2.19 bits per heavy atom. The number of aliphatic hydroxyl groups is 1. The number of aliphatic hydroxyl groups excluding tert-OH is 1. The zero-order valence-corrected chi connectivity index (χ0v) is 11.7. The topological polar surface area (TPSA) is 104 Å². The van der Waals surface area contributed by atoms with Crippen molar-refractivity contribution < 1.29 is 32.6 Å². The summed E-state index contributed by atoms with van der Waals surface area (Å²) < 4.78 is 44.7. The Labute approximate surface area is 120 Å². The third-order valence-corrected chi connectivity index (χ3v) is 4.98. The largest absolute Gasteiger partial charge is 0.478 e. The SMILES string of the molecule is O=C(O)c1ccc(F)c(S(=O)(=O)N2CCOC(CO)C2)c1. The third kappa shape index (κ3) is 3.21. The number of nitrogens with zero attached hydrogens (tertiary/aromatic N) is 1. The fourth-order valence-electron chi connectivity index (χ4n) is 1.99. The maximum Gasteiger partial charge on any atom is 0.335 e. The van der Waals surface area contributed by atoms with Gasteiger partial charge < -0.3 is 14.9 Å². The van der Waals surface area contributed by atoms with E-state index in [2.05, 4.69) is 0 Å². The van der Waals surface area contributed by atoms with Gasteiger partial charge in [-0.1, -0.05) is 0 Å². The van der Waals surface area contributed by atoms with Crippen LogP contribution in [0.25, 0.3) is 0 Å². The maximum absolute atomic E-state index is 13.8. The molecular formula is C12H14FNO6S. The second-order valence-electron chi connectivity index (χ2n) is 4.49. The smallest absolute Gasteiger partial charge is 0.335 e. The molecule has 0 saturated carbocycles. The lowest BCUT2D eigenvalue weighted by Gasteiger charge is -2.31. The molecule has 1 aromatic carbocycles. The Morgan fingerprint density at radius 3 is 2.81 bits per heavy atom. The second kappa shape index (κ2) is 6.06. The van der Waals surface area contributed by atoms with E-state index in [1.807, 2.05) is 0 Å². The predicted molar refractivity (Wildman–Crippen MR) is 68.9 cm³/mol. The van der Waals surface area contributed by atoms with Gasteiger partial charge in [0.2, 0.25) is 10.0 Å². The van der Waals surface area contributed by atoms with Crippen LogP contribution in [0.15, 0.2) is 23.1 Å². The summed E-state index contributed by atoms with van der Waals surface area (Å²) in [5.41, 5.74) is -0.318. The molecular weight excluding hydrogens is 305 g/mol. The van der Waals surface area contributed by atoms with E-state index >= 15 is 0 Å².